The molecule has 2 aromatic carbocycles. The zero-order chi connectivity index (χ0) is 19.3. The molecule has 0 aliphatic rings. The van der Waals surface area contributed by atoms with Gasteiger partial charge in [0.2, 0.25) is 0 Å². The standard InChI is InChI=1S/C21H16N4OS2/c1-13-9-18-19(28-13)23-21(27)25(20(18)26)16-10-22-24(12-16)11-15-7-4-6-14-5-2-3-8-17(14)15/h2-10,12H,11H2,1H3,(H,23,27). The van der Waals surface area contributed by atoms with E-state index in [-0.39, 0.29) is 5.56 Å². The number of aromatic nitrogens is 4. The Balaban J connectivity index is 1.58. The number of aromatic amines is 1. The summed E-state index contributed by atoms with van der Waals surface area (Å²) in [7, 11) is 0. The molecule has 0 aliphatic carbocycles. The lowest BCUT2D eigenvalue weighted by Gasteiger charge is -2.07. The molecule has 138 valence electrons. The Morgan fingerprint density at radius 3 is 2.86 bits per heavy atom. The number of thiophene rings is 1. The molecule has 0 atom stereocenters. The van der Waals surface area contributed by atoms with Gasteiger partial charge in [0.1, 0.15) is 4.83 Å². The van der Waals surface area contributed by atoms with Crippen LogP contribution in [0.5, 0.6) is 0 Å². The number of benzene rings is 2. The van der Waals surface area contributed by atoms with E-state index in [1.54, 1.807) is 6.20 Å². The van der Waals surface area contributed by atoms with E-state index in [0.717, 1.165) is 9.71 Å². The Morgan fingerprint density at radius 1 is 1.14 bits per heavy atom. The van der Waals surface area contributed by atoms with Gasteiger partial charge in [-0.2, -0.15) is 5.10 Å². The molecule has 0 saturated carbocycles. The molecule has 0 spiro atoms. The van der Waals surface area contributed by atoms with Gasteiger partial charge in [-0.1, -0.05) is 42.5 Å². The van der Waals surface area contributed by atoms with Crippen LogP contribution < -0.4 is 5.56 Å². The van der Waals surface area contributed by atoms with Crippen molar-refractivity contribution in [1.29, 1.82) is 0 Å². The molecule has 0 fully saturated rings. The average molecular weight is 405 g/mol. The van der Waals surface area contributed by atoms with Crippen molar-refractivity contribution >= 4 is 44.5 Å². The predicted molar refractivity (Wildman–Crippen MR) is 116 cm³/mol. The molecule has 28 heavy (non-hydrogen) atoms. The van der Waals surface area contributed by atoms with Crippen molar-refractivity contribution in [3.05, 3.63) is 86.5 Å². The van der Waals surface area contributed by atoms with Crippen LogP contribution in [0.4, 0.5) is 0 Å². The summed E-state index contributed by atoms with van der Waals surface area (Å²) in [6, 6.07) is 16.4. The first kappa shape index (κ1) is 17.1. The summed E-state index contributed by atoms with van der Waals surface area (Å²) in [6.07, 6.45) is 3.54. The first-order valence-electron chi connectivity index (χ1n) is 8.85. The van der Waals surface area contributed by atoms with Crippen LogP contribution in [0.15, 0.2) is 65.7 Å². The van der Waals surface area contributed by atoms with Crippen molar-refractivity contribution in [3.63, 3.8) is 0 Å². The highest BCUT2D eigenvalue weighted by Gasteiger charge is 2.12. The first-order valence-corrected chi connectivity index (χ1v) is 10.1. The van der Waals surface area contributed by atoms with Gasteiger partial charge >= 0.3 is 0 Å². The summed E-state index contributed by atoms with van der Waals surface area (Å²) in [6.45, 7) is 2.60. The van der Waals surface area contributed by atoms with Crippen LogP contribution in [0.2, 0.25) is 0 Å². The highest BCUT2D eigenvalue weighted by atomic mass is 32.1. The molecule has 0 unspecified atom stereocenters. The number of nitrogens with one attached hydrogen (secondary N) is 1. The maximum atomic E-state index is 13.0. The molecule has 5 aromatic rings. The summed E-state index contributed by atoms with van der Waals surface area (Å²) < 4.78 is 3.72. The van der Waals surface area contributed by atoms with E-state index in [4.69, 9.17) is 12.2 Å². The van der Waals surface area contributed by atoms with Crippen LogP contribution in [0.25, 0.3) is 26.7 Å². The highest BCUT2D eigenvalue weighted by molar-refractivity contribution is 7.71. The molecule has 3 aromatic heterocycles. The molecule has 7 heteroatoms. The van der Waals surface area contributed by atoms with E-state index < -0.39 is 0 Å². The minimum atomic E-state index is -0.118. The van der Waals surface area contributed by atoms with Crippen LogP contribution in [0, 0.1) is 11.7 Å². The van der Waals surface area contributed by atoms with Crippen LogP contribution in [-0.2, 0) is 6.54 Å². The lowest BCUT2D eigenvalue weighted by atomic mass is 10.0. The summed E-state index contributed by atoms with van der Waals surface area (Å²) >= 11 is 6.97. The monoisotopic (exact) mass is 404 g/mol. The number of hydrogen-bond donors (Lipinski definition) is 1. The van der Waals surface area contributed by atoms with E-state index in [1.807, 2.05) is 36.0 Å². The summed E-state index contributed by atoms with van der Waals surface area (Å²) in [5, 5.41) is 7.51. The van der Waals surface area contributed by atoms with Gasteiger partial charge in [-0.05, 0) is 41.5 Å². The molecule has 0 radical (unpaired) electrons. The lowest BCUT2D eigenvalue weighted by Crippen LogP contribution is -2.19. The van der Waals surface area contributed by atoms with E-state index in [0.29, 0.717) is 22.4 Å². The van der Waals surface area contributed by atoms with Crippen molar-refractivity contribution in [3.8, 4) is 5.69 Å². The van der Waals surface area contributed by atoms with Crippen molar-refractivity contribution in [2.75, 3.05) is 0 Å². The van der Waals surface area contributed by atoms with E-state index in [2.05, 4.69) is 40.4 Å². The average Bonchev–Trinajstić information content (AvgIpc) is 3.28. The Bertz CT molecular complexity index is 1450. The highest BCUT2D eigenvalue weighted by Crippen LogP contribution is 2.22. The smallest absolute Gasteiger partial charge is 0.267 e. The topological polar surface area (TPSA) is 55.6 Å². The molecule has 0 aliphatic heterocycles. The summed E-state index contributed by atoms with van der Waals surface area (Å²) in [5.74, 6) is 0. The van der Waals surface area contributed by atoms with E-state index in [1.165, 1.54) is 32.2 Å². The fourth-order valence-electron chi connectivity index (χ4n) is 3.53. The predicted octanol–water partition coefficient (Wildman–Crippen LogP) is 4.82. The minimum Gasteiger partial charge on any atom is -0.323 e. The van der Waals surface area contributed by atoms with Crippen LogP contribution in [0.1, 0.15) is 10.4 Å². The molecule has 5 rings (SSSR count). The van der Waals surface area contributed by atoms with Gasteiger partial charge in [-0.15, -0.1) is 11.3 Å². The molecule has 1 N–H and O–H groups in total. The largest absolute Gasteiger partial charge is 0.323 e. The zero-order valence-corrected chi connectivity index (χ0v) is 16.7. The van der Waals surface area contributed by atoms with Crippen molar-refractivity contribution in [1.82, 2.24) is 19.3 Å². The molecular weight excluding hydrogens is 388 g/mol. The van der Waals surface area contributed by atoms with Gasteiger partial charge in [0, 0.05) is 11.1 Å². The van der Waals surface area contributed by atoms with Crippen molar-refractivity contribution in [2.45, 2.75) is 13.5 Å². The first-order chi connectivity index (χ1) is 13.6. The number of fused-ring (bicyclic) bond motifs is 2. The molecule has 3 heterocycles. The SMILES string of the molecule is Cc1cc2c(=O)n(-c3cnn(Cc4cccc5ccccc45)c3)c(=S)[nH]c2s1. The second kappa shape index (κ2) is 6.54. The van der Waals surface area contributed by atoms with E-state index >= 15 is 0 Å². The van der Waals surface area contributed by atoms with Crippen molar-refractivity contribution in [2.24, 2.45) is 0 Å². The molecule has 5 nitrogen and oxygen atoms in total. The third-order valence-corrected chi connectivity index (χ3v) is 6.05. The van der Waals surface area contributed by atoms with Crippen molar-refractivity contribution < 1.29 is 0 Å². The number of rotatable bonds is 3. The molecule has 0 bridgehead atoms. The Labute approximate surface area is 169 Å². The Morgan fingerprint density at radius 2 is 1.96 bits per heavy atom. The summed E-state index contributed by atoms with van der Waals surface area (Å²) in [5.41, 5.74) is 1.72. The lowest BCUT2D eigenvalue weighted by molar-refractivity contribution is 0.689. The second-order valence-electron chi connectivity index (χ2n) is 6.70. The number of H-pyrrole nitrogens is 1. The van der Waals surface area contributed by atoms with Gasteiger partial charge in [-0.3, -0.25) is 9.48 Å². The zero-order valence-electron chi connectivity index (χ0n) is 15.0. The fourth-order valence-corrected chi connectivity index (χ4v) is 4.78. The minimum absolute atomic E-state index is 0.118. The van der Waals surface area contributed by atoms with Gasteiger partial charge < -0.3 is 4.98 Å². The van der Waals surface area contributed by atoms with Gasteiger partial charge in [0.15, 0.2) is 4.77 Å². The third-order valence-electron chi connectivity index (χ3n) is 4.80. The van der Waals surface area contributed by atoms with Gasteiger partial charge in [-0.25, -0.2) is 4.57 Å². The van der Waals surface area contributed by atoms with Crippen LogP contribution in [-0.4, -0.2) is 19.3 Å². The quantitative estimate of drug-likeness (QED) is 0.439. The Kier molecular flexibility index (Phi) is 3.99. The van der Waals surface area contributed by atoms with Gasteiger partial charge in [0.25, 0.3) is 5.56 Å². The summed E-state index contributed by atoms with van der Waals surface area (Å²) in [4.78, 5) is 18.0. The second-order valence-corrected chi connectivity index (χ2v) is 8.35. The Hall–Kier alpha value is -3.03. The molecule has 0 saturated heterocycles. The van der Waals surface area contributed by atoms with E-state index in [9.17, 15) is 4.79 Å². The van der Waals surface area contributed by atoms with Crippen LogP contribution in [0.3, 0.4) is 0 Å². The molecule has 0 amide bonds. The normalized spacial score (nSPS) is 11.5. The molecular formula is C21H16N4OS2. The maximum Gasteiger partial charge on any atom is 0.267 e. The number of aryl methyl sites for hydroxylation is 1. The van der Waals surface area contributed by atoms with Crippen LogP contribution >= 0.6 is 23.6 Å². The third kappa shape index (κ3) is 2.80. The number of nitrogens with zero attached hydrogens (tertiary/aromatic N) is 3. The maximum absolute atomic E-state index is 13.0. The van der Waals surface area contributed by atoms with Gasteiger partial charge in [0.05, 0.1) is 23.8 Å². The number of hydrogen-bond acceptors (Lipinski definition) is 4. The fraction of sp³-hybridized carbons (Fsp3) is 0.0952.